The van der Waals surface area contributed by atoms with Crippen LogP contribution in [0.25, 0.3) is 0 Å². The van der Waals surface area contributed by atoms with E-state index in [2.05, 4.69) is 49.2 Å². The summed E-state index contributed by atoms with van der Waals surface area (Å²) in [7, 11) is 2.58. The van der Waals surface area contributed by atoms with Crippen LogP contribution in [0.2, 0.25) is 0 Å². The van der Waals surface area contributed by atoms with Crippen LogP contribution in [0.3, 0.4) is 0 Å². The molecule has 0 amide bonds. The van der Waals surface area contributed by atoms with Crippen LogP contribution in [0.1, 0.15) is 34.6 Å². The van der Waals surface area contributed by atoms with Crippen molar-refractivity contribution in [2.75, 3.05) is 6.16 Å². The Bertz CT molecular complexity index is 47.2. The second-order valence-corrected chi connectivity index (χ2v) is 3.70. The summed E-state index contributed by atoms with van der Waals surface area (Å²) in [4.78, 5) is 0. The molecular weight excluding hydrogens is 141 g/mol. The average molecular weight is 163 g/mol. The van der Waals surface area contributed by atoms with Gasteiger partial charge in [-0.2, -0.15) is 0 Å². The molecule has 0 saturated heterocycles. The number of rotatable bonds is 2. The minimum absolute atomic E-state index is 0.625. The average Bonchev–Trinajstić information content (AvgIpc) is 1.62. The fourth-order valence-electron chi connectivity index (χ4n) is 0.667. The maximum Gasteiger partial charge on any atom is 0.00127 e. The van der Waals surface area contributed by atoms with Crippen molar-refractivity contribution >= 4 is 9.24 Å². The summed E-state index contributed by atoms with van der Waals surface area (Å²) in [5.41, 5.74) is 0. The molecule has 0 saturated carbocycles. The van der Waals surface area contributed by atoms with Crippen LogP contribution >= 0.6 is 9.24 Å². The predicted molar refractivity (Wildman–Crippen MR) is 53.7 cm³/mol. The molecule has 1 unspecified atom stereocenters. The van der Waals surface area contributed by atoms with E-state index in [1.54, 1.807) is 0 Å². The molecule has 1 nitrogen and oxygen atoms in total. The normalized spacial score (nSPS) is 9.60. The minimum atomic E-state index is 0.625. The van der Waals surface area contributed by atoms with Crippen molar-refractivity contribution in [1.82, 2.24) is 5.32 Å². The second kappa shape index (κ2) is 9.39. The summed E-state index contributed by atoms with van der Waals surface area (Å²) >= 11 is 0. The van der Waals surface area contributed by atoms with Crippen molar-refractivity contribution in [3.05, 3.63) is 0 Å². The summed E-state index contributed by atoms with van der Waals surface area (Å²) in [6.45, 7) is 10.7. The zero-order valence-electron chi connectivity index (χ0n) is 7.94. The zero-order valence-corrected chi connectivity index (χ0v) is 9.09. The molecule has 0 aromatic rings. The molecule has 0 radical (unpaired) electrons. The topological polar surface area (TPSA) is 12.0 Å². The highest BCUT2D eigenvalue weighted by atomic mass is 31.0. The van der Waals surface area contributed by atoms with E-state index in [9.17, 15) is 0 Å². The Morgan fingerprint density at radius 2 is 1.30 bits per heavy atom. The van der Waals surface area contributed by atoms with Crippen molar-refractivity contribution in [3.8, 4) is 0 Å². The van der Waals surface area contributed by atoms with Gasteiger partial charge in [-0.05, 0) is 6.16 Å². The van der Waals surface area contributed by atoms with Crippen molar-refractivity contribution in [2.24, 2.45) is 0 Å². The quantitative estimate of drug-likeness (QED) is 0.616. The number of nitrogens with one attached hydrogen (secondary N) is 1. The Labute approximate surface area is 68.2 Å². The first-order valence-electron chi connectivity index (χ1n) is 4.00. The molecule has 0 spiro atoms. The van der Waals surface area contributed by atoms with Crippen LogP contribution in [-0.2, 0) is 0 Å². The third-order valence-corrected chi connectivity index (χ3v) is 0.667. The van der Waals surface area contributed by atoms with Gasteiger partial charge in [0, 0.05) is 12.1 Å². The van der Waals surface area contributed by atoms with Gasteiger partial charge >= 0.3 is 0 Å². The van der Waals surface area contributed by atoms with Crippen LogP contribution in [-0.4, -0.2) is 18.2 Å². The summed E-state index contributed by atoms with van der Waals surface area (Å²) in [6.07, 6.45) is 1.17. The van der Waals surface area contributed by atoms with Crippen LogP contribution in [0.5, 0.6) is 0 Å². The molecule has 1 N–H and O–H groups in total. The lowest BCUT2D eigenvalue weighted by molar-refractivity contribution is 0.518. The molecule has 1 atom stereocenters. The van der Waals surface area contributed by atoms with Gasteiger partial charge in [0.1, 0.15) is 0 Å². The summed E-state index contributed by atoms with van der Waals surface area (Å²) < 4.78 is 0. The van der Waals surface area contributed by atoms with Gasteiger partial charge in [0.05, 0.1) is 0 Å². The van der Waals surface area contributed by atoms with Crippen molar-refractivity contribution in [2.45, 2.75) is 46.7 Å². The molecule has 0 aliphatic carbocycles. The van der Waals surface area contributed by atoms with E-state index in [1.165, 1.54) is 6.16 Å². The summed E-state index contributed by atoms with van der Waals surface area (Å²) in [5.74, 6) is 0. The Kier molecular flexibility index (Phi) is 12.2. The molecule has 0 aromatic heterocycles. The van der Waals surface area contributed by atoms with Gasteiger partial charge in [-0.1, -0.05) is 34.6 Å². The molecule has 64 valence electrons. The van der Waals surface area contributed by atoms with E-state index >= 15 is 0 Å². The second-order valence-electron chi connectivity index (χ2n) is 2.88. The van der Waals surface area contributed by atoms with E-state index < -0.39 is 0 Å². The third-order valence-electron chi connectivity index (χ3n) is 0.667. The van der Waals surface area contributed by atoms with Gasteiger partial charge in [0.2, 0.25) is 0 Å². The molecule has 0 rings (SSSR count). The molecule has 0 fully saturated rings. The highest BCUT2D eigenvalue weighted by molar-refractivity contribution is 7.16. The van der Waals surface area contributed by atoms with Crippen molar-refractivity contribution < 1.29 is 0 Å². The van der Waals surface area contributed by atoms with Gasteiger partial charge < -0.3 is 5.32 Å². The fourth-order valence-corrected chi connectivity index (χ4v) is 0.667. The van der Waals surface area contributed by atoms with E-state index in [0.717, 1.165) is 0 Å². The van der Waals surface area contributed by atoms with E-state index in [0.29, 0.717) is 12.1 Å². The monoisotopic (exact) mass is 163 g/mol. The Balaban J connectivity index is 0. The Hall–Kier alpha value is 0.390. The van der Waals surface area contributed by atoms with Crippen LogP contribution in [0, 0.1) is 0 Å². The summed E-state index contributed by atoms with van der Waals surface area (Å²) in [5, 5.41) is 3.31. The lowest BCUT2D eigenvalue weighted by atomic mass is 10.3. The SMILES string of the molecule is CC(C)NC(C)C.CCP. The van der Waals surface area contributed by atoms with Gasteiger partial charge in [-0.3, -0.25) is 0 Å². The third kappa shape index (κ3) is 23.8. The molecule has 10 heavy (non-hydrogen) atoms. The van der Waals surface area contributed by atoms with E-state index in [4.69, 9.17) is 0 Å². The number of hydrogen-bond donors (Lipinski definition) is 1. The molecule has 0 bridgehead atoms. The predicted octanol–water partition coefficient (Wildman–Crippen LogP) is 2.27. The fraction of sp³-hybridized carbons (Fsp3) is 1.00. The van der Waals surface area contributed by atoms with Crippen molar-refractivity contribution in [1.29, 1.82) is 0 Å². The van der Waals surface area contributed by atoms with E-state index in [-0.39, 0.29) is 0 Å². The first-order chi connectivity index (χ1) is 4.54. The van der Waals surface area contributed by atoms with Crippen molar-refractivity contribution in [3.63, 3.8) is 0 Å². The maximum absolute atomic E-state index is 3.31. The first kappa shape index (κ1) is 13.0. The molecule has 0 aliphatic heterocycles. The standard InChI is InChI=1S/C6H15N.C2H7P/c1-5(2)7-6(3)4;1-2-3/h5-7H,1-4H3;2-3H2,1H3. The molecule has 0 aromatic carbocycles. The van der Waals surface area contributed by atoms with Gasteiger partial charge in [0.15, 0.2) is 0 Å². The molecular formula is C8H22NP. The van der Waals surface area contributed by atoms with Gasteiger partial charge in [-0.25, -0.2) is 0 Å². The highest BCUT2D eigenvalue weighted by Crippen LogP contribution is 1.80. The van der Waals surface area contributed by atoms with Gasteiger partial charge in [0.25, 0.3) is 0 Å². The summed E-state index contributed by atoms with van der Waals surface area (Å²) in [6, 6.07) is 1.25. The Morgan fingerprint density at radius 1 is 1.10 bits per heavy atom. The number of hydrogen-bond acceptors (Lipinski definition) is 1. The smallest absolute Gasteiger partial charge is 0.00127 e. The lowest BCUT2D eigenvalue weighted by Gasteiger charge is -2.10. The Morgan fingerprint density at radius 3 is 1.30 bits per heavy atom. The molecule has 0 aliphatic rings. The minimum Gasteiger partial charge on any atom is -0.312 e. The van der Waals surface area contributed by atoms with E-state index in [1.807, 2.05) is 0 Å². The zero-order chi connectivity index (χ0) is 8.57. The lowest BCUT2D eigenvalue weighted by Crippen LogP contribution is -2.29. The highest BCUT2D eigenvalue weighted by Gasteiger charge is 1.92. The first-order valence-corrected chi connectivity index (χ1v) is 4.82. The maximum atomic E-state index is 3.31. The van der Waals surface area contributed by atoms with Crippen LogP contribution in [0.4, 0.5) is 0 Å². The molecule has 2 heteroatoms. The van der Waals surface area contributed by atoms with Gasteiger partial charge in [-0.15, -0.1) is 9.24 Å². The van der Waals surface area contributed by atoms with Crippen LogP contribution in [0.15, 0.2) is 0 Å². The van der Waals surface area contributed by atoms with Crippen LogP contribution < -0.4 is 5.32 Å². The molecule has 0 heterocycles. The largest absolute Gasteiger partial charge is 0.312 e.